The van der Waals surface area contributed by atoms with E-state index in [1.54, 1.807) is 11.4 Å². The van der Waals surface area contributed by atoms with Crippen LogP contribution in [0, 0.1) is 23.2 Å². The summed E-state index contributed by atoms with van der Waals surface area (Å²) >= 11 is 0. The molecular weight excluding hydrogens is 286 g/mol. The van der Waals surface area contributed by atoms with Crippen LogP contribution >= 0.6 is 0 Å². The second-order valence-corrected chi connectivity index (χ2v) is 9.61. The van der Waals surface area contributed by atoms with E-state index in [1.807, 2.05) is 0 Å². The molecule has 4 aliphatic rings. The van der Waals surface area contributed by atoms with Crippen LogP contribution in [0.25, 0.3) is 0 Å². The molecule has 0 atom stereocenters. The van der Waals surface area contributed by atoms with Gasteiger partial charge in [0, 0.05) is 13.6 Å². The first-order valence-electron chi connectivity index (χ1n) is 7.92. The maximum Gasteiger partial charge on any atom is 0.259 e. The van der Waals surface area contributed by atoms with Gasteiger partial charge in [-0.3, -0.25) is 0 Å². The first-order chi connectivity index (χ1) is 9.97. The lowest BCUT2D eigenvalue weighted by Crippen LogP contribution is -2.51. The Labute approximate surface area is 126 Å². The molecule has 0 radical (unpaired) electrons. The largest absolute Gasteiger partial charge is 0.335 e. The Morgan fingerprint density at radius 2 is 1.81 bits per heavy atom. The summed E-state index contributed by atoms with van der Waals surface area (Å²) in [4.78, 5) is 6.56. The van der Waals surface area contributed by atoms with Crippen molar-refractivity contribution in [1.29, 1.82) is 0 Å². The van der Waals surface area contributed by atoms with Gasteiger partial charge in [-0.2, -0.15) is 4.31 Å². The molecule has 1 aromatic heterocycles. The number of aromatic nitrogens is 2. The Balaban J connectivity index is 1.56. The van der Waals surface area contributed by atoms with Gasteiger partial charge in [-0.15, -0.1) is 0 Å². The summed E-state index contributed by atoms with van der Waals surface area (Å²) in [6.45, 7) is 0.665. The molecule has 1 heterocycles. The molecule has 21 heavy (non-hydrogen) atoms. The number of imidazole rings is 1. The molecule has 1 N–H and O–H groups in total. The van der Waals surface area contributed by atoms with Crippen molar-refractivity contribution in [3.05, 3.63) is 12.5 Å². The summed E-state index contributed by atoms with van der Waals surface area (Å²) in [7, 11) is -1.71. The fourth-order valence-corrected chi connectivity index (χ4v) is 6.77. The second-order valence-electron chi connectivity index (χ2n) is 7.59. The topological polar surface area (TPSA) is 66.1 Å². The van der Waals surface area contributed by atoms with Gasteiger partial charge in [0.25, 0.3) is 10.0 Å². The summed E-state index contributed by atoms with van der Waals surface area (Å²) < 4.78 is 26.7. The maximum absolute atomic E-state index is 12.6. The van der Waals surface area contributed by atoms with Gasteiger partial charge in [-0.1, -0.05) is 0 Å². The molecule has 0 aliphatic heterocycles. The summed E-state index contributed by atoms with van der Waals surface area (Å²) in [5.74, 6) is 2.54. The lowest BCUT2D eigenvalue weighted by molar-refractivity contribution is -0.0583. The summed E-state index contributed by atoms with van der Waals surface area (Å²) in [6, 6.07) is 0. The average molecular weight is 309 g/mol. The van der Waals surface area contributed by atoms with E-state index in [4.69, 9.17) is 0 Å². The monoisotopic (exact) mass is 309 g/mol. The highest BCUT2D eigenvalue weighted by atomic mass is 32.2. The lowest BCUT2D eigenvalue weighted by atomic mass is 9.49. The van der Waals surface area contributed by atoms with Crippen LogP contribution in [0.1, 0.15) is 38.5 Å². The molecule has 4 bridgehead atoms. The van der Waals surface area contributed by atoms with E-state index in [-0.39, 0.29) is 10.4 Å². The molecule has 5 rings (SSSR count). The van der Waals surface area contributed by atoms with Crippen LogP contribution in [0.2, 0.25) is 0 Å². The number of nitrogens with zero attached hydrogens (tertiary/aromatic N) is 2. The fourth-order valence-electron chi connectivity index (χ4n) is 5.59. The number of H-pyrrole nitrogens is 1. The van der Waals surface area contributed by atoms with Gasteiger partial charge in [0.1, 0.15) is 0 Å². The first-order valence-corrected chi connectivity index (χ1v) is 9.36. The number of sulfonamides is 1. The zero-order valence-corrected chi connectivity index (χ0v) is 13.3. The van der Waals surface area contributed by atoms with Gasteiger partial charge in [0.2, 0.25) is 0 Å². The fraction of sp³-hybridized carbons (Fsp3) is 0.800. The standard InChI is InChI=1S/C15H23N3O2S/c1-18(21(19,20)14-8-16-10-17-14)9-15-5-11-2-12(6-15)4-13(3-11)7-15/h8,10-13H,2-7,9H2,1H3,(H,16,17). The predicted molar refractivity (Wildman–Crippen MR) is 79.0 cm³/mol. The third kappa shape index (κ3) is 2.23. The minimum absolute atomic E-state index is 0.203. The van der Waals surface area contributed by atoms with Crippen LogP contribution < -0.4 is 0 Å². The zero-order valence-electron chi connectivity index (χ0n) is 12.5. The summed E-state index contributed by atoms with van der Waals surface area (Å²) in [5, 5.41) is 0.203. The van der Waals surface area contributed by atoms with Crippen LogP contribution in [0.15, 0.2) is 17.6 Å². The summed E-state index contributed by atoms with van der Waals surface area (Å²) in [5.41, 5.74) is 0.233. The van der Waals surface area contributed by atoms with E-state index < -0.39 is 10.0 Å². The highest BCUT2D eigenvalue weighted by Crippen LogP contribution is 2.60. The minimum Gasteiger partial charge on any atom is -0.335 e. The van der Waals surface area contributed by atoms with Crippen LogP contribution in [0.3, 0.4) is 0 Å². The smallest absolute Gasteiger partial charge is 0.259 e. The lowest BCUT2D eigenvalue weighted by Gasteiger charge is -2.57. The Morgan fingerprint density at radius 1 is 1.24 bits per heavy atom. The Hall–Kier alpha value is -0.880. The molecule has 4 aliphatic carbocycles. The zero-order chi connectivity index (χ0) is 14.7. The van der Waals surface area contributed by atoms with Crippen molar-refractivity contribution < 1.29 is 8.42 Å². The molecule has 4 saturated carbocycles. The predicted octanol–water partition coefficient (Wildman–Crippen LogP) is 2.25. The minimum atomic E-state index is -3.42. The van der Waals surface area contributed by atoms with Crippen molar-refractivity contribution in [2.75, 3.05) is 13.6 Å². The quantitative estimate of drug-likeness (QED) is 0.927. The molecule has 0 aromatic carbocycles. The van der Waals surface area contributed by atoms with Crippen LogP contribution in [-0.2, 0) is 10.0 Å². The highest BCUT2D eigenvalue weighted by molar-refractivity contribution is 7.89. The normalized spacial score (nSPS) is 38.3. The Kier molecular flexibility index (Phi) is 2.99. The highest BCUT2D eigenvalue weighted by Gasteiger charge is 2.51. The van der Waals surface area contributed by atoms with Crippen molar-refractivity contribution >= 4 is 10.0 Å². The second kappa shape index (κ2) is 4.56. The average Bonchev–Trinajstić information content (AvgIpc) is 2.90. The van der Waals surface area contributed by atoms with E-state index in [2.05, 4.69) is 9.97 Å². The molecule has 0 spiro atoms. The van der Waals surface area contributed by atoms with E-state index in [1.165, 1.54) is 51.0 Å². The Bertz CT molecular complexity index is 588. The first kappa shape index (κ1) is 13.8. The molecule has 0 saturated heterocycles. The van der Waals surface area contributed by atoms with Crippen LogP contribution in [-0.4, -0.2) is 36.3 Å². The van der Waals surface area contributed by atoms with Gasteiger partial charge < -0.3 is 4.98 Å². The summed E-state index contributed by atoms with van der Waals surface area (Å²) in [6.07, 6.45) is 10.6. The molecule has 5 nitrogen and oxygen atoms in total. The van der Waals surface area contributed by atoms with E-state index in [0.29, 0.717) is 6.54 Å². The van der Waals surface area contributed by atoms with Gasteiger partial charge in [0.15, 0.2) is 5.03 Å². The third-order valence-electron chi connectivity index (χ3n) is 5.88. The van der Waals surface area contributed by atoms with Crippen molar-refractivity contribution in [2.45, 2.75) is 43.6 Å². The van der Waals surface area contributed by atoms with E-state index in [9.17, 15) is 8.42 Å². The molecule has 116 valence electrons. The molecule has 0 amide bonds. The number of rotatable bonds is 4. The van der Waals surface area contributed by atoms with E-state index >= 15 is 0 Å². The third-order valence-corrected chi connectivity index (χ3v) is 7.61. The molecule has 6 heteroatoms. The molecule has 4 fully saturated rings. The number of nitrogens with one attached hydrogen (secondary N) is 1. The van der Waals surface area contributed by atoms with Crippen LogP contribution in [0.5, 0.6) is 0 Å². The van der Waals surface area contributed by atoms with Crippen molar-refractivity contribution in [1.82, 2.24) is 14.3 Å². The molecular formula is C15H23N3O2S. The van der Waals surface area contributed by atoms with Gasteiger partial charge in [0.05, 0.1) is 12.5 Å². The molecule has 1 aromatic rings. The van der Waals surface area contributed by atoms with Gasteiger partial charge >= 0.3 is 0 Å². The van der Waals surface area contributed by atoms with Crippen LogP contribution in [0.4, 0.5) is 0 Å². The SMILES string of the molecule is CN(CC12CC3CC(CC(C3)C1)C2)S(=O)(=O)c1cnc[nH]1. The number of hydrogen-bond acceptors (Lipinski definition) is 3. The van der Waals surface area contributed by atoms with Crippen molar-refractivity contribution in [3.8, 4) is 0 Å². The number of hydrogen-bond donors (Lipinski definition) is 1. The Morgan fingerprint density at radius 3 is 2.29 bits per heavy atom. The van der Waals surface area contributed by atoms with Gasteiger partial charge in [-0.25, -0.2) is 13.4 Å². The van der Waals surface area contributed by atoms with Crippen molar-refractivity contribution in [3.63, 3.8) is 0 Å². The molecule has 0 unspecified atom stereocenters. The number of aromatic amines is 1. The van der Waals surface area contributed by atoms with E-state index in [0.717, 1.165) is 17.8 Å². The van der Waals surface area contributed by atoms with Crippen molar-refractivity contribution in [2.24, 2.45) is 23.2 Å². The maximum atomic E-state index is 12.6. The van der Waals surface area contributed by atoms with Gasteiger partial charge in [-0.05, 0) is 61.7 Å².